The second kappa shape index (κ2) is 11.6. The first-order valence-electron chi connectivity index (χ1n) is 17.6. The molecule has 2 aliphatic rings. The summed E-state index contributed by atoms with van der Waals surface area (Å²) in [6.45, 7) is 0. The van der Waals surface area contributed by atoms with E-state index in [0.717, 1.165) is 61.0 Å². The summed E-state index contributed by atoms with van der Waals surface area (Å²) in [7, 11) is 0. The van der Waals surface area contributed by atoms with Crippen LogP contribution in [0, 0.1) is 0 Å². The van der Waals surface area contributed by atoms with Gasteiger partial charge in [-0.2, -0.15) is 0 Å². The number of nitrogens with zero attached hydrogens (tertiary/aromatic N) is 4. The molecule has 11 rings (SSSR count). The maximum Gasteiger partial charge on any atom is 0.164 e. The minimum atomic E-state index is -0.670. The zero-order chi connectivity index (χ0) is 34.9. The first-order chi connectivity index (χ1) is 26.2. The molecule has 0 radical (unpaired) electrons. The van der Waals surface area contributed by atoms with Gasteiger partial charge < -0.3 is 4.74 Å². The van der Waals surface area contributed by atoms with E-state index in [1.165, 1.54) is 21.4 Å². The summed E-state index contributed by atoms with van der Waals surface area (Å²) >= 11 is 1.73. The van der Waals surface area contributed by atoms with Crippen LogP contribution in [0.25, 0.3) is 66.1 Å². The highest BCUT2D eigenvalue weighted by Crippen LogP contribution is 2.62. The van der Waals surface area contributed by atoms with Crippen molar-refractivity contribution in [3.8, 4) is 67.4 Å². The van der Waals surface area contributed by atoms with Crippen LogP contribution in [0.15, 0.2) is 170 Å². The van der Waals surface area contributed by atoms with Crippen molar-refractivity contribution in [1.29, 1.82) is 0 Å². The van der Waals surface area contributed by atoms with Gasteiger partial charge in [0, 0.05) is 33.4 Å². The maximum absolute atomic E-state index is 6.65. The van der Waals surface area contributed by atoms with Crippen molar-refractivity contribution in [2.45, 2.75) is 5.41 Å². The number of fused-ring (bicyclic) bond motifs is 10. The van der Waals surface area contributed by atoms with Gasteiger partial charge in [0.25, 0.3) is 0 Å². The summed E-state index contributed by atoms with van der Waals surface area (Å²) in [6.07, 6.45) is 0. The third kappa shape index (κ3) is 4.56. The quantitative estimate of drug-likeness (QED) is 0.183. The second-order valence-electron chi connectivity index (χ2n) is 13.4. The highest BCUT2D eigenvalue weighted by molar-refractivity contribution is 7.21. The lowest BCUT2D eigenvalue weighted by Crippen LogP contribution is -2.32. The monoisotopic (exact) mass is 696 g/mol. The van der Waals surface area contributed by atoms with Gasteiger partial charge in [-0.05, 0) is 58.7 Å². The standard InChI is InChI=1S/C47H28N4OS/c1-3-13-29(14-4-1)43-49-44(30-15-5-2-6-16-30)51-45(50-43)31-23-25-33-34-26-24-32(46-48-39-19-9-12-22-42(39)53-46)28-38(34)47(37(33)27-31)35-17-7-10-20-40(35)52-41-21-11-8-18-36(41)47/h1-28H. The predicted octanol–water partition coefficient (Wildman–Crippen LogP) is 11.6. The first-order valence-corrected chi connectivity index (χ1v) is 18.5. The lowest BCUT2D eigenvalue weighted by atomic mass is 9.66. The van der Waals surface area contributed by atoms with E-state index >= 15 is 0 Å². The SMILES string of the molecule is c1ccc(-c2nc(-c3ccccc3)nc(-c3ccc4c(c3)C3(c5ccccc5Oc5ccccc53)c3cc(-c5nc6ccccc6s5)ccc3-4)n2)cc1. The molecule has 0 fully saturated rings. The molecule has 0 atom stereocenters. The fourth-order valence-corrected chi connectivity index (χ4v) is 9.07. The van der Waals surface area contributed by atoms with Crippen molar-refractivity contribution in [3.05, 3.63) is 192 Å². The minimum Gasteiger partial charge on any atom is -0.457 e. The first kappa shape index (κ1) is 29.9. The number of benzene rings is 7. The lowest BCUT2D eigenvalue weighted by molar-refractivity contribution is 0.436. The van der Waals surface area contributed by atoms with Crippen LogP contribution in [-0.4, -0.2) is 19.9 Å². The molecule has 1 aliphatic carbocycles. The number of hydrogen-bond donors (Lipinski definition) is 0. The molecule has 2 aromatic heterocycles. The summed E-state index contributed by atoms with van der Waals surface area (Å²) in [4.78, 5) is 20.3. The summed E-state index contributed by atoms with van der Waals surface area (Å²) in [6, 6.07) is 59.0. The zero-order valence-corrected chi connectivity index (χ0v) is 29.1. The number of ether oxygens (including phenoxy) is 1. The van der Waals surface area contributed by atoms with Gasteiger partial charge in [0.2, 0.25) is 0 Å². The van der Waals surface area contributed by atoms with Gasteiger partial charge in [0.15, 0.2) is 17.5 Å². The Morgan fingerprint density at radius 2 is 0.887 bits per heavy atom. The normalized spacial score (nSPS) is 13.2. The van der Waals surface area contributed by atoms with Crippen molar-refractivity contribution in [2.75, 3.05) is 0 Å². The molecular formula is C47H28N4OS. The molecule has 7 aromatic carbocycles. The smallest absolute Gasteiger partial charge is 0.164 e. The van der Waals surface area contributed by atoms with Gasteiger partial charge >= 0.3 is 0 Å². The Labute approximate surface area is 309 Å². The van der Waals surface area contributed by atoms with Crippen molar-refractivity contribution < 1.29 is 4.74 Å². The van der Waals surface area contributed by atoms with E-state index in [1.54, 1.807) is 11.3 Å². The van der Waals surface area contributed by atoms with E-state index in [0.29, 0.717) is 17.5 Å². The van der Waals surface area contributed by atoms with Gasteiger partial charge in [-0.25, -0.2) is 19.9 Å². The molecule has 0 bridgehead atoms. The molecule has 1 aliphatic heterocycles. The number of rotatable bonds is 4. The van der Waals surface area contributed by atoms with Crippen LogP contribution in [0.4, 0.5) is 0 Å². The molecular weight excluding hydrogens is 669 g/mol. The average molecular weight is 697 g/mol. The summed E-state index contributed by atoms with van der Waals surface area (Å²) < 4.78 is 7.83. The van der Waals surface area contributed by atoms with Crippen molar-refractivity contribution in [3.63, 3.8) is 0 Å². The second-order valence-corrected chi connectivity index (χ2v) is 14.4. The van der Waals surface area contributed by atoms with Crippen LogP contribution in [0.3, 0.4) is 0 Å². The largest absolute Gasteiger partial charge is 0.457 e. The fourth-order valence-electron chi connectivity index (χ4n) is 8.10. The molecule has 1 spiro atoms. The van der Waals surface area contributed by atoms with Crippen LogP contribution in [-0.2, 0) is 5.41 Å². The van der Waals surface area contributed by atoms with E-state index in [-0.39, 0.29) is 0 Å². The minimum absolute atomic E-state index is 0.621. The number of para-hydroxylation sites is 3. The molecule has 3 heterocycles. The molecule has 248 valence electrons. The molecule has 5 nitrogen and oxygen atoms in total. The van der Waals surface area contributed by atoms with Crippen molar-refractivity contribution >= 4 is 21.6 Å². The van der Waals surface area contributed by atoms with Crippen LogP contribution in [0.2, 0.25) is 0 Å². The Morgan fingerprint density at radius 1 is 0.396 bits per heavy atom. The Bertz CT molecular complexity index is 2750. The highest BCUT2D eigenvalue weighted by Gasteiger charge is 2.51. The Balaban J connectivity index is 1.18. The molecule has 0 saturated heterocycles. The van der Waals surface area contributed by atoms with E-state index in [1.807, 2.05) is 78.9 Å². The Kier molecular flexibility index (Phi) is 6.57. The maximum atomic E-state index is 6.65. The van der Waals surface area contributed by atoms with Crippen LogP contribution in [0.5, 0.6) is 11.5 Å². The lowest BCUT2D eigenvalue weighted by Gasteiger charge is -2.39. The molecule has 0 amide bonds. The number of aromatic nitrogens is 4. The summed E-state index contributed by atoms with van der Waals surface area (Å²) in [5.74, 6) is 3.58. The molecule has 53 heavy (non-hydrogen) atoms. The van der Waals surface area contributed by atoms with E-state index in [2.05, 4.69) is 91.0 Å². The molecule has 0 N–H and O–H groups in total. The van der Waals surface area contributed by atoms with E-state index in [9.17, 15) is 0 Å². The predicted molar refractivity (Wildman–Crippen MR) is 212 cm³/mol. The topological polar surface area (TPSA) is 60.8 Å². The Hall–Kier alpha value is -6.76. The summed E-state index contributed by atoms with van der Waals surface area (Å²) in [5, 5.41) is 1.00. The number of hydrogen-bond acceptors (Lipinski definition) is 6. The van der Waals surface area contributed by atoms with Crippen molar-refractivity contribution in [1.82, 2.24) is 19.9 Å². The highest BCUT2D eigenvalue weighted by atomic mass is 32.1. The van der Waals surface area contributed by atoms with Crippen molar-refractivity contribution in [2.24, 2.45) is 0 Å². The summed E-state index contributed by atoms with van der Waals surface area (Å²) in [5.41, 5.74) is 11.2. The van der Waals surface area contributed by atoms with Crippen LogP contribution in [0.1, 0.15) is 22.3 Å². The van der Waals surface area contributed by atoms with Gasteiger partial charge in [0.05, 0.1) is 15.6 Å². The molecule has 0 saturated carbocycles. The fraction of sp³-hybridized carbons (Fsp3) is 0.0213. The van der Waals surface area contributed by atoms with Crippen LogP contribution < -0.4 is 4.74 Å². The van der Waals surface area contributed by atoms with Gasteiger partial charge in [-0.15, -0.1) is 11.3 Å². The Morgan fingerprint density at radius 3 is 1.49 bits per heavy atom. The van der Waals surface area contributed by atoms with E-state index in [4.69, 9.17) is 24.7 Å². The third-order valence-electron chi connectivity index (χ3n) is 10.4. The van der Waals surface area contributed by atoms with Gasteiger partial charge in [-0.3, -0.25) is 0 Å². The average Bonchev–Trinajstić information content (AvgIpc) is 3.79. The molecule has 9 aromatic rings. The molecule has 6 heteroatoms. The zero-order valence-electron chi connectivity index (χ0n) is 28.3. The van der Waals surface area contributed by atoms with Gasteiger partial charge in [0.1, 0.15) is 16.5 Å². The third-order valence-corrected chi connectivity index (χ3v) is 11.5. The number of thiazole rings is 1. The molecule has 0 unspecified atom stereocenters. The van der Waals surface area contributed by atoms with Gasteiger partial charge in [-0.1, -0.05) is 133 Å². The van der Waals surface area contributed by atoms with E-state index < -0.39 is 5.41 Å². The van der Waals surface area contributed by atoms with Crippen LogP contribution >= 0.6 is 11.3 Å².